The van der Waals surface area contributed by atoms with E-state index in [9.17, 15) is 0 Å². The molecule has 1 aliphatic rings. The smallest absolute Gasteiger partial charge is 0.162 e. The van der Waals surface area contributed by atoms with E-state index in [-0.39, 0.29) is 0 Å². The van der Waals surface area contributed by atoms with Crippen molar-refractivity contribution in [2.75, 3.05) is 31.1 Å². The second-order valence-corrected chi connectivity index (χ2v) is 7.65. The number of quaternary nitrogens is 1. The Morgan fingerprint density at radius 2 is 1.38 bits per heavy atom. The van der Waals surface area contributed by atoms with Crippen molar-refractivity contribution in [3.05, 3.63) is 90.5 Å². The van der Waals surface area contributed by atoms with Gasteiger partial charge in [0.25, 0.3) is 0 Å². The van der Waals surface area contributed by atoms with Gasteiger partial charge in [0.15, 0.2) is 5.82 Å². The van der Waals surface area contributed by atoms with Crippen LogP contribution in [0.25, 0.3) is 22.3 Å². The van der Waals surface area contributed by atoms with Gasteiger partial charge in [-0.1, -0.05) is 72.8 Å². The molecule has 1 aliphatic heterocycles. The quantitative estimate of drug-likeness (QED) is 0.589. The fourth-order valence-corrected chi connectivity index (χ4v) is 4.11. The van der Waals surface area contributed by atoms with Crippen LogP contribution in [0.3, 0.4) is 0 Å². The van der Waals surface area contributed by atoms with Crippen molar-refractivity contribution in [2.45, 2.75) is 6.54 Å². The molecule has 4 aromatic rings. The van der Waals surface area contributed by atoms with E-state index in [1.807, 2.05) is 18.2 Å². The minimum Gasteiger partial charge on any atom is -0.345 e. The summed E-state index contributed by atoms with van der Waals surface area (Å²) in [6.07, 6.45) is 0. The molecule has 0 spiro atoms. The van der Waals surface area contributed by atoms with Crippen molar-refractivity contribution in [3.63, 3.8) is 0 Å². The van der Waals surface area contributed by atoms with E-state index >= 15 is 0 Å². The van der Waals surface area contributed by atoms with Gasteiger partial charge in [0.2, 0.25) is 0 Å². The van der Waals surface area contributed by atoms with Gasteiger partial charge in [-0.15, -0.1) is 0 Å². The van der Waals surface area contributed by atoms with Crippen LogP contribution in [0.1, 0.15) is 5.56 Å². The molecule has 1 aromatic heterocycles. The number of fused-ring (bicyclic) bond motifs is 1. The Morgan fingerprint density at radius 3 is 2.14 bits per heavy atom. The third-order valence-electron chi connectivity index (χ3n) is 5.68. The highest BCUT2D eigenvalue weighted by molar-refractivity contribution is 5.91. The lowest BCUT2D eigenvalue weighted by atomic mass is 10.1. The minimum atomic E-state index is 0.804. The molecule has 29 heavy (non-hydrogen) atoms. The Morgan fingerprint density at radius 1 is 0.724 bits per heavy atom. The monoisotopic (exact) mass is 381 g/mol. The average Bonchev–Trinajstić information content (AvgIpc) is 2.80. The molecule has 4 nitrogen and oxygen atoms in total. The van der Waals surface area contributed by atoms with Crippen molar-refractivity contribution >= 4 is 16.7 Å². The molecule has 0 bridgehead atoms. The van der Waals surface area contributed by atoms with E-state index < -0.39 is 0 Å². The Balaban J connectivity index is 1.41. The molecule has 0 radical (unpaired) electrons. The maximum Gasteiger partial charge on any atom is 0.162 e. The molecule has 0 saturated carbocycles. The lowest BCUT2D eigenvalue weighted by Gasteiger charge is -2.33. The van der Waals surface area contributed by atoms with Gasteiger partial charge < -0.3 is 9.80 Å². The van der Waals surface area contributed by atoms with E-state index in [4.69, 9.17) is 9.97 Å². The maximum atomic E-state index is 5.01. The summed E-state index contributed by atoms with van der Waals surface area (Å²) < 4.78 is 0. The molecule has 3 aromatic carbocycles. The van der Waals surface area contributed by atoms with Crippen LogP contribution < -0.4 is 9.80 Å². The SMILES string of the molecule is c1ccc(C[NH+]2CCN(c3nc(-c4ccccc4)nc4ccccc34)CC2)cc1. The molecule has 0 aliphatic carbocycles. The molecule has 4 heteroatoms. The number of anilines is 1. The molecular weight excluding hydrogens is 356 g/mol. The standard InChI is InChI=1S/C25H24N4/c1-3-9-20(10-4-1)19-28-15-17-29(18-16-28)25-22-13-7-8-14-23(22)26-24(27-25)21-11-5-2-6-12-21/h1-14H,15-19H2/p+1. The zero-order chi connectivity index (χ0) is 19.5. The van der Waals surface area contributed by atoms with E-state index in [0.29, 0.717) is 0 Å². The predicted molar refractivity (Wildman–Crippen MR) is 118 cm³/mol. The average molecular weight is 382 g/mol. The summed E-state index contributed by atoms with van der Waals surface area (Å²) >= 11 is 0. The number of nitrogens with one attached hydrogen (secondary N) is 1. The first-order valence-electron chi connectivity index (χ1n) is 10.3. The van der Waals surface area contributed by atoms with Gasteiger partial charge in [0.05, 0.1) is 31.7 Å². The molecule has 0 amide bonds. The highest BCUT2D eigenvalue weighted by Crippen LogP contribution is 2.27. The molecule has 0 atom stereocenters. The van der Waals surface area contributed by atoms with Gasteiger partial charge in [0, 0.05) is 16.5 Å². The fraction of sp³-hybridized carbons (Fsp3) is 0.200. The van der Waals surface area contributed by atoms with Crippen LogP contribution in [0.15, 0.2) is 84.9 Å². The Kier molecular flexibility index (Phi) is 4.93. The third-order valence-corrected chi connectivity index (χ3v) is 5.68. The highest BCUT2D eigenvalue weighted by atomic mass is 15.3. The summed E-state index contributed by atoms with van der Waals surface area (Å²) in [5.41, 5.74) is 3.48. The molecule has 1 saturated heterocycles. The zero-order valence-corrected chi connectivity index (χ0v) is 16.5. The molecule has 1 fully saturated rings. The van der Waals surface area contributed by atoms with Crippen LogP contribution in [0, 0.1) is 0 Å². The predicted octanol–water partition coefficient (Wildman–Crippen LogP) is 3.20. The molecular formula is C25H25N4+. The largest absolute Gasteiger partial charge is 0.345 e. The molecule has 0 unspecified atom stereocenters. The van der Waals surface area contributed by atoms with Crippen LogP contribution in [-0.2, 0) is 6.54 Å². The summed E-state index contributed by atoms with van der Waals surface area (Å²) in [4.78, 5) is 13.9. The first-order chi connectivity index (χ1) is 14.4. The van der Waals surface area contributed by atoms with Crippen LogP contribution in [0.4, 0.5) is 5.82 Å². The molecule has 2 heterocycles. The van der Waals surface area contributed by atoms with Crippen molar-refractivity contribution in [1.29, 1.82) is 0 Å². The van der Waals surface area contributed by atoms with Gasteiger partial charge in [0.1, 0.15) is 12.4 Å². The second-order valence-electron chi connectivity index (χ2n) is 7.65. The van der Waals surface area contributed by atoms with Crippen molar-refractivity contribution < 1.29 is 4.90 Å². The van der Waals surface area contributed by atoms with E-state index in [1.165, 1.54) is 5.56 Å². The first kappa shape index (κ1) is 17.8. The Hall–Kier alpha value is -3.24. The number of para-hydroxylation sites is 1. The zero-order valence-electron chi connectivity index (χ0n) is 16.5. The number of rotatable bonds is 4. The van der Waals surface area contributed by atoms with Crippen LogP contribution in [0.5, 0.6) is 0 Å². The van der Waals surface area contributed by atoms with Crippen molar-refractivity contribution in [1.82, 2.24) is 9.97 Å². The second kappa shape index (κ2) is 8.02. The Labute approximate surface area is 171 Å². The number of aromatic nitrogens is 2. The van der Waals surface area contributed by atoms with Crippen LogP contribution in [0.2, 0.25) is 0 Å². The van der Waals surface area contributed by atoms with Crippen LogP contribution in [-0.4, -0.2) is 36.1 Å². The summed E-state index contributed by atoms with van der Waals surface area (Å²) in [6.45, 7) is 5.35. The Bertz CT molecular complexity index is 1090. The number of piperazine rings is 1. The maximum absolute atomic E-state index is 5.01. The topological polar surface area (TPSA) is 33.5 Å². The van der Waals surface area contributed by atoms with Gasteiger partial charge in [-0.05, 0) is 12.1 Å². The summed E-state index contributed by atoms with van der Waals surface area (Å²) in [7, 11) is 0. The fourth-order valence-electron chi connectivity index (χ4n) is 4.11. The first-order valence-corrected chi connectivity index (χ1v) is 10.3. The molecule has 5 rings (SSSR count). The third kappa shape index (κ3) is 3.84. The van der Waals surface area contributed by atoms with E-state index in [0.717, 1.165) is 60.8 Å². The number of hydrogen-bond acceptors (Lipinski definition) is 3. The van der Waals surface area contributed by atoms with Crippen LogP contribution >= 0.6 is 0 Å². The summed E-state index contributed by atoms with van der Waals surface area (Å²) in [6, 6.07) is 29.4. The van der Waals surface area contributed by atoms with Gasteiger partial charge >= 0.3 is 0 Å². The number of hydrogen-bond donors (Lipinski definition) is 1. The lowest BCUT2D eigenvalue weighted by Crippen LogP contribution is -3.13. The molecule has 1 N–H and O–H groups in total. The van der Waals surface area contributed by atoms with E-state index in [2.05, 4.69) is 71.6 Å². The summed E-state index contributed by atoms with van der Waals surface area (Å²) in [5, 5.41) is 1.14. The van der Waals surface area contributed by atoms with E-state index in [1.54, 1.807) is 4.90 Å². The van der Waals surface area contributed by atoms with Gasteiger partial charge in [-0.2, -0.15) is 0 Å². The van der Waals surface area contributed by atoms with Gasteiger partial charge in [-0.25, -0.2) is 9.97 Å². The van der Waals surface area contributed by atoms with Crippen molar-refractivity contribution in [3.8, 4) is 11.4 Å². The number of nitrogens with zero attached hydrogens (tertiary/aromatic N) is 3. The highest BCUT2D eigenvalue weighted by Gasteiger charge is 2.23. The number of benzene rings is 3. The minimum absolute atomic E-state index is 0.804. The van der Waals surface area contributed by atoms with Crippen molar-refractivity contribution in [2.24, 2.45) is 0 Å². The lowest BCUT2D eigenvalue weighted by molar-refractivity contribution is -0.914. The summed E-state index contributed by atoms with van der Waals surface area (Å²) in [5.74, 6) is 1.87. The normalized spacial score (nSPS) is 15.0. The van der Waals surface area contributed by atoms with Gasteiger partial charge in [-0.3, -0.25) is 0 Å². The molecule has 144 valence electrons.